The number of nitrogens with zero attached hydrogens (tertiary/aromatic N) is 2. The van der Waals surface area contributed by atoms with E-state index in [1.165, 1.54) is 0 Å². The third-order valence-corrected chi connectivity index (χ3v) is 2.53. The maximum Gasteiger partial charge on any atom is 0.184 e. The molecule has 0 aliphatic heterocycles. The molecule has 0 atom stereocenters. The van der Waals surface area contributed by atoms with Crippen LogP contribution in [-0.4, -0.2) is 9.78 Å². The summed E-state index contributed by atoms with van der Waals surface area (Å²) in [4.78, 5) is 0. The number of halogens is 1. The molecule has 0 aliphatic rings. The fourth-order valence-electron chi connectivity index (χ4n) is 1.40. The first kappa shape index (κ1) is 11.0. The van der Waals surface area contributed by atoms with Gasteiger partial charge in [0.15, 0.2) is 10.9 Å². The van der Waals surface area contributed by atoms with Crippen LogP contribution in [0, 0.1) is 0 Å². The van der Waals surface area contributed by atoms with Gasteiger partial charge in [-0.3, -0.25) is 4.68 Å². The molecule has 0 saturated carbocycles. The first-order valence-electron chi connectivity index (χ1n) is 5.25. The summed E-state index contributed by atoms with van der Waals surface area (Å²) in [6, 6.07) is 9.54. The van der Waals surface area contributed by atoms with Crippen molar-refractivity contribution in [3.63, 3.8) is 0 Å². The molecule has 16 heavy (non-hydrogen) atoms. The van der Waals surface area contributed by atoms with Gasteiger partial charge in [-0.1, -0.05) is 36.7 Å². The van der Waals surface area contributed by atoms with E-state index in [0.29, 0.717) is 10.9 Å². The lowest BCUT2D eigenvalue weighted by Gasteiger charge is -2.04. The van der Waals surface area contributed by atoms with E-state index in [2.05, 4.69) is 12.0 Å². The Kier molecular flexibility index (Phi) is 3.47. The van der Waals surface area contributed by atoms with Gasteiger partial charge in [-0.15, -0.1) is 0 Å². The van der Waals surface area contributed by atoms with Crippen LogP contribution in [0.5, 0.6) is 11.5 Å². The summed E-state index contributed by atoms with van der Waals surface area (Å²) >= 11 is 6.13. The lowest BCUT2D eigenvalue weighted by Crippen LogP contribution is -1.98. The SMILES string of the molecule is CCCn1ncc(Oc2ccccc2)c1Cl. The van der Waals surface area contributed by atoms with E-state index in [1.54, 1.807) is 10.9 Å². The second kappa shape index (κ2) is 5.03. The second-order valence-corrected chi connectivity index (χ2v) is 3.80. The molecule has 0 amide bonds. The summed E-state index contributed by atoms with van der Waals surface area (Å²) in [6.07, 6.45) is 2.64. The van der Waals surface area contributed by atoms with Crippen LogP contribution in [0.4, 0.5) is 0 Å². The van der Waals surface area contributed by atoms with E-state index < -0.39 is 0 Å². The Bertz CT molecular complexity index is 453. The van der Waals surface area contributed by atoms with E-state index in [1.807, 2.05) is 30.3 Å². The predicted molar refractivity (Wildman–Crippen MR) is 64.0 cm³/mol. The minimum absolute atomic E-state index is 0.547. The average molecular weight is 237 g/mol. The van der Waals surface area contributed by atoms with Crippen LogP contribution >= 0.6 is 11.6 Å². The first-order chi connectivity index (χ1) is 7.81. The highest BCUT2D eigenvalue weighted by molar-refractivity contribution is 6.31. The third kappa shape index (κ3) is 2.36. The van der Waals surface area contributed by atoms with Crippen molar-refractivity contribution in [2.24, 2.45) is 0 Å². The van der Waals surface area contributed by atoms with Gasteiger partial charge in [-0.05, 0) is 18.6 Å². The number of ether oxygens (including phenoxy) is 1. The number of hydrogen-bond donors (Lipinski definition) is 0. The molecule has 0 saturated heterocycles. The molecule has 0 bridgehead atoms. The van der Waals surface area contributed by atoms with E-state index >= 15 is 0 Å². The van der Waals surface area contributed by atoms with Crippen molar-refractivity contribution >= 4 is 11.6 Å². The largest absolute Gasteiger partial charge is 0.452 e. The van der Waals surface area contributed by atoms with Gasteiger partial charge in [0.05, 0.1) is 6.20 Å². The van der Waals surface area contributed by atoms with Crippen LogP contribution < -0.4 is 4.74 Å². The number of aromatic nitrogens is 2. The molecule has 4 heteroatoms. The van der Waals surface area contributed by atoms with E-state index in [4.69, 9.17) is 16.3 Å². The van der Waals surface area contributed by atoms with Gasteiger partial charge >= 0.3 is 0 Å². The minimum Gasteiger partial charge on any atom is -0.452 e. The standard InChI is InChI=1S/C12H13ClN2O/c1-2-8-15-12(13)11(9-14-15)16-10-6-4-3-5-7-10/h3-7,9H,2,8H2,1H3. The smallest absolute Gasteiger partial charge is 0.184 e. The minimum atomic E-state index is 0.547. The van der Waals surface area contributed by atoms with Gasteiger partial charge in [-0.25, -0.2) is 0 Å². The van der Waals surface area contributed by atoms with Crippen LogP contribution in [0.15, 0.2) is 36.5 Å². The van der Waals surface area contributed by atoms with Gasteiger partial charge in [0.25, 0.3) is 0 Å². The Morgan fingerprint density at radius 3 is 2.75 bits per heavy atom. The summed E-state index contributed by atoms with van der Waals surface area (Å²) in [5.74, 6) is 1.36. The second-order valence-electron chi connectivity index (χ2n) is 3.44. The molecule has 2 rings (SSSR count). The number of benzene rings is 1. The highest BCUT2D eigenvalue weighted by Crippen LogP contribution is 2.28. The van der Waals surface area contributed by atoms with E-state index in [-0.39, 0.29) is 0 Å². The molecule has 1 aromatic carbocycles. The van der Waals surface area contributed by atoms with Crippen molar-refractivity contribution in [2.75, 3.05) is 0 Å². The summed E-state index contributed by atoms with van der Waals surface area (Å²) < 4.78 is 7.36. The molecule has 0 aliphatic carbocycles. The van der Waals surface area contributed by atoms with Gasteiger partial charge in [0, 0.05) is 6.54 Å². The van der Waals surface area contributed by atoms with Crippen LogP contribution in [0.3, 0.4) is 0 Å². The Labute approximate surface area is 99.6 Å². The summed E-state index contributed by atoms with van der Waals surface area (Å²) in [5.41, 5.74) is 0. The molecule has 0 radical (unpaired) electrons. The fourth-order valence-corrected chi connectivity index (χ4v) is 1.62. The van der Waals surface area contributed by atoms with Crippen molar-refractivity contribution in [1.29, 1.82) is 0 Å². The lowest BCUT2D eigenvalue weighted by molar-refractivity contribution is 0.481. The van der Waals surface area contributed by atoms with Gasteiger partial charge in [0.1, 0.15) is 5.75 Å². The molecule has 0 fully saturated rings. The third-order valence-electron chi connectivity index (χ3n) is 2.15. The van der Waals surface area contributed by atoms with Crippen LogP contribution in [0.1, 0.15) is 13.3 Å². The lowest BCUT2D eigenvalue weighted by atomic mass is 10.3. The number of para-hydroxylation sites is 1. The van der Waals surface area contributed by atoms with Crippen molar-refractivity contribution in [1.82, 2.24) is 9.78 Å². The molecule has 0 spiro atoms. The zero-order valence-electron chi connectivity index (χ0n) is 9.06. The van der Waals surface area contributed by atoms with Crippen molar-refractivity contribution in [3.05, 3.63) is 41.7 Å². The van der Waals surface area contributed by atoms with E-state index in [9.17, 15) is 0 Å². The van der Waals surface area contributed by atoms with Crippen LogP contribution in [-0.2, 0) is 6.54 Å². The normalized spacial score (nSPS) is 10.4. The molecule has 2 aromatic rings. The monoisotopic (exact) mass is 236 g/mol. The summed E-state index contributed by atoms with van der Waals surface area (Å²) in [6.45, 7) is 2.88. The maximum atomic E-state index is 6.13. The fraction of sp³-hybridized carbons (Fsp3) is 0.250. The Morgan fingerprint density at radius 1 is 1.31 bits per heavy atom. The van der Waals surface area contributed by atoms with Gasteiger partial charge in [0.2, 0.25) is 0 Å². The quantitative estimate of drug-likeness (QED) is 0.809. The molecular formula is C12H13ClN2O. The Hall–Kier alpha value is -1.48. The molecule has 1 aromatic heterocycles. The molecule has 0 unspecified atom stereocenters. The number of hydrogen-bond acceptors (Lipinski definition) is 2. The number of rotatable bonds is 4. The summed E-state index contributed by atoms with van der Waals surface area (Å²) in [7, 11) is 0. The Balaban J connectivity index is 2.16. The highest BCUT2D eigenvalue weighted by atomic mass is 35.5. The predicted octanol–water partition coefficient (Wildman–Crippen LogP) is 3.74. The van der Waals surface area contributed by atoms with Crippen molar-refractivity contribution in [3.8, 4) is 11.5 Å². The zero-order valence-corrected chi connectivity index (χ0v) is 9.81. The molecule has 84 valence electrons. The number of aryl methyl sites for hydroxylation is 1. The van der Waals surface area contributed by atoms with Crippen LogP contribution in [0.2, 0.25) is 5.15 Å². The molecular weight excluding hydrogens is 224 g/mol. The topological polar surface area (TPSA) is 27.1 Å². The van der Waals surface area contributed by atoms with Gasteiger partial charge < -0.3 is 4.74 Å². The van der Waals surface area contributed by atoms with Gasteiger partial charge in [-0.2, -0.15) is 5.10 Å². The molecule has 3 nitrogen and oxygen atoms in total. The van der Waals surface area contributed by atoms with Crippen molar-refractivity contribution < 1.29 is 4.74 Å². The Morgan fingerprint density at radius 2 is 2.06 bits per heavy atom. The average Bonchev–Trinajstić information content (AvgIpc) is 2.64. The summed E-state index contributed by atoms with van der Waals surface area (Å²) in [5, 5.41) is 4.71. The highest BCUT2D eigenvalue weighted by Gasteiger charge is 2.09. The zero-order chi connectivity index (χ0) is 11.4. The van der Waals surface area contributed by atoms with Crippen molar-refractivity contribution in [2.45, 2.75) is 19.9 Å². The first-order valence-corrected chi connectivity index (χ1v) is 5.63. The van der Waals surface area contributed by atoms with E-state index in [0.717, 1.165) is 18.7 Å². The molecule has 0 N–H and O–H groups in total. The van der Waals surface area contributed by atoms with Crippen LogP contribution in [0.25, 0.3) is 0 Å². The molecule has 1 heterocycles. The maximum absolute atomic E-state index is 6.13.